The van der Waals surface area contributed by atoms with Crippen molar-refractivity contribution in [3.05, 3.63) is 45.6 Å². The molecule has 0 radical (unpaired) electrons. The lowest BCUT2D eigenvalue weighted by Crippen LogP contribution is -2.50. The summed E-state index contributed by atoms with van der Waals surface area (Å²) in [6.07, 6.45) is 6.11. The van der Waals surface area contributed by atoms with E-state index in [1.54, 1.807) is 11.2 Å². The van der Waals surface area contributed by atoms with Crippen LogP contribution in [0.5, 0.6) is 0 Å². The SMILES string of the molecule is C[S+]([O-])c1nc2c(c(N3CCN(C(=O)OC(C)(C)C)CC3)n1)CCC1(CCc3c(Cl)cccc31)C2. The molecule has 1 aliphatic heterocycles. The number of aromatic nitrogens is 2. The van der Waals surface area contributed by atoms with Crippen molar-refractivity contribution < 1.29 is 14.1 Å². The fourth-order valence-electron chi connectivity index (χ4n) is 5.74. The number of rotatable bonds is 2. The second-order valence-corrected chi connectivity index (χ2v) is 12.6. The fraction of sp³-hybridized carbons (Fsp3) is 0.577. The van der Waals surface area contributed by atoms with Crippen molar-refractivity contribution in [3.63, 3.8) is 0 Å². The van der Waals surface area contributed by atoms with Crippen LogP contribution >= 0.6 is 11.6 Å². The minimum atomic E-state index is -1.28. The molecule has 1 saturated heterocycles. The molecule has 0 N–H and O–H groups in total. The molecule has 2 heterocycles. The predicted octanol–water partition coefficient (Wildman–Crippen LogP) is 4.30. The summed E-state index contributed by atoms with van der Waals surface area (Å²) in [7, 11) is 0. The Kier molecular flexibility index (Phi) is 6.43. The second-order valence-electron chi connectivity index (χ2n) is 10.9. The van der Waals surface area contributed by atoms with Gasteiger partial charge < -0.3 is 19.1 Å². The first-order valence-corrected chi connectivity index (χ1v) is 14.2. The highest BCUT2D eigenvalue weighted by Gasteiger charge is 2.44. The summed E-state index contributed by atoms with van der Waals surface area (Å²) in [5, 5.41) is 1.24. The zero-order chi connectivity index (χ0) is 25.0. The number of hydrogen-bond acceptors (Lipinski definition) is 6. The molecule has 35 heavy (non-hydrogen) atoms. The predicted molar refractivity (Wildman–Crippen MR) is 138 cm³/mol. The second kappa shape index (κ2) is 9.12. The first-order valence-electron chi connectivity index (χ1n) is 12.3. The topological polar surface area (TPSA) is 81.6 Å². The van der Waals surface area contributed by atoms with Crippen LogP contribution in [0.15, 0.2) is 23.4 Å². The summed E-state index contributed by atoms with van der Waals surface area (Å²) in [4.78, 5) is 26.1. The number of nitrogens with zero attached hydrogens (tertiary/aromatic N) is 4. The number of carbonyl (C=O) groups is 1. The van der Waals surface area contributed by atoms with E-state index in [0.29, 0.717) is 31.3 Å². The molecule has 2 aliphatic carbocycles. The number of carbonyl (C=O) groups excluding carboxylic acids is 1. The van der Waals surface area contributed by atoms with Crippen molar-refractivity contribution in [2.24, 2.45) is 0 Å². The van der Waals surface area contributed by atoms with E-state index in [9.17, 15) is 9.35 Å². The number of anilines is 1. The third-order valence-corrected chi connectivity index (χ3v) is 8.49. The number of halogens is 1. The minimum absolute atomic E-state index is 0.0285. The molecule has 9 heteroatoms. The Labute approximate surface area is 215 Å². The van der Waals surface area contributed by atoms with Gasteiger partial charge >= 0.3 is 11.2 Å². The molecular formula is C26H33ClN4O3S. The normalized spacial score (nSPS) is 22.7. The average molecular weight is 517 g/mol. The monoisotopic (exact) mass is 516 g/mol. The van der Waals surface area contributed by atoms with Crippen LogP contribution in [0, 0.1) is 0 Å². The number of piperazine rings is 1. The van der Waals surface area contributed by atoms with Gasteiger partial charge in [0.2, 0.25) is 0 Å². The molecule has 2 unspecified atom stereocenters. The molecule has 2 atom stereocenters. The van der Waals surface area contributed by atoms with E-state index in [0.717, 1.165) is 54.2 Å². The molecule has 1 spiro atoms. The zero-order valence-electron chi connectivity index (χ0n) is 20.9. The molecule has 0 bridgehead atoms. The van der Waals surface area contributed by atoms with Crippen LogP contribution in [0.1, 0.15) is 56.0 Å². The van der Waals surface area contributed by atoms with E-state index in [1.165, 1.54) is 11.1 Å². The maximum absolute atomic E-state index is 12.5. The lowest BCUT2D eigenvalue weighted by molar-refractivity contribution is 0.0240. The van der Waals surface area contributed by atoms with E-state index in [4.69, 9.17) is 26.3 Å². The molecule has 2 aromatic rings. The van der Waals surface area contributed by atoms with Crippen LogP contribution < -0.4 is 4.90 Å². The minimum Gasteiger partial charge on any atom is -0.609 e. The van der Waals surface area contributed by atoms with Crippen LogP contribution in [0.4, 0.5) is 10.6 Å². The maximum Gasteiger partial charge on any atom is 0.410 e. The van der Waals surface area contributed by atoms with Gasteiger partial charge in [-0.05, 0) is 63.6 Å². The summed E-state index contributed by atoms with van der Waals surface area (Å²) >= 11 is 5.24. The van der Waals surface area contributed by atoms with Gasteiger partial charge in [-0.1, -0.05) is 23.7 Å². The van der Waals surface area contributed by atoms with Crippen molar-refractivity contribution in [1.82, 2.24) is 14.9 Å². The highest BCUT2D eigenvalue weighted by atomic mass is 35.5. The molecule has 188 valence electrons. The van der Waals surface area contributed by atoms with Gasteiger partial charge in [-0.2, -0.15) is 9.97 Å². The molecule has 3 aliphatic rings. The molecular weight excluding hydrogens is 484 g/mol. The fourth-order valence-corrected chi connectivity index (χ4v) is 6.46. The summed E-state index contributed by atoms with van der Waals surface area (Å²) in [6, 6.07) is 6.24. The standard InChI is InChI=1S/C26H33ClN4O3S/c1-25(2,3)34-24(32)31-14-12-30(13-15-31)22-18-9-11-26(16-21(18)28-23(29-22)35(4)33)10-8-17-19(26)6-5-7-20(17)27/h5-7H,8-16H2,1-4H3. The number of hydrogen-bond donors (Lipinski definition) is 0. The van der Waals surface area contributed by atoms with Gasteiger partial charge in [-0.25, -0.2) is 4.79 Å². The van der Waals surface area contributed by atoms with E-state index in [1.807, 2.05) is 32.9 Å². The molecule has 0 saturated carbocycles. The van der Waals surface area contributed by atoms with Gasteiger partial charge in [0, 0.05) is 59.8 Å². The summed E-state index contributed by atoms with van der Waals surface area (Å²) in [6.45, 7) is 8.07. The Morgan fingerprint density at radius 2 is 1.80 bits per heavy atom. The van der Waals surface area contributed by atoms with Crippen LogP contribution in [0.2, 0.25) is 5.02 Å². The third kappa shape index (κ3) is 4.72. The van der Waals surface area contributed by atoms with Crippen molar-refractivity contribution in [2.75, 3.05) is 37.3 Å². The first-order chi connectivity index (χ1) is 16.6. The number of benzene rings is 1. The smallest absolute Gasteiger partial charge is 0.410 e. The first kappa shape index (κ1) is 24.7. The van der Waals surface area contributed by atoms with Gasteiger partial charge in [0.05, 0.1) is 5.69 Å². The van der Waals surface area contributed by atoms with Crippen LogP contribution in [-0.2, 0) is 40.6 Å². The van der Waals surface area contributed by atoms with E-state index in [2.05, 4.69) is 11.0 Å². The largest absolute Gasteiger partial charge is 0.609 e. The van der Waals surface area contributed by atoms with Crippen LogP contribution in [-0.4, -0.2) is 63.5 Å². The van der Waals surface area contributed by atoms with Gasteiger partial charge in [0.25, 0.3) is 0 Å². The van der Waals surface area contributed by atoms with E-state index >= 15 is 0 Å². The van der Waals surface area contributed by atoms with Gasteiger partial charge in [0.15, 0.2) is 0 Å². The lowest BCUT2D eigenvalue weighted by atomic mass is 9.69. The highest BCUT2D eigenvalue weighted by Crippen LogP contribution is 2.50. The molecule has 1 aromatic carbocycles. The third-order valence-electron chi connectivity index (χ3n) is 7.44. The van der Waals surface area contributed by atoms with Crippen molar-refractivity contribution >= 4 is 34.7 Å². The lowest BCUT2D eigenvalue weighted by Gasteiger charge is -2.39. The molecule has 1 aromatic heterocycles. The highest BCUT2D eigenvalue weighted by molar-refractivity contribution is 7.90. The Balaban J connectivity index is 1.41. The molecule has 1 amide bonds. The summed E-state index contributed by atoms with van der Waals surface area (Å²) < 4.78 is 18.0. The van der Waals surface area contributed by atoms with E-state index < -0.39 is 16.8 Å². The van der Waals surface area contributed by atoms with Crippen molar-refractivity contribution in [2.45, 2.75) is 69.0 Å². The van der Waals surface area contributed by atoms with Gasteiger partial charge in [-0.15, -0.1) is 0 Å². The van der Waals surface area contributed by atoms with Crippen LogP contribution in [0.25, 0.3) is 0 Å². The van der Waals surface area contributed by atoms with Gasteiger partial charge in [-0.3, -0.25) is 0 Å². The Morgan fingerprint density at radius 1 is 1.11 bits per heavy atom. The van der Waals surface area contributed by atoms with Crippen LogP contribution in [0.3, 0.4) is 0 Å². The number of ether oxygens (including phenoxy) is 1. The van der Waals surface area contributed by atoms with Crippen molar-refractivity contribution in [3.8, 4) is 0 Å². The van der Waals surface area contributed by atoms with Gasteiger partial charge in [0.1, 0.15) is 17.7 Å². The number of amides is 1. The molecule has 5 rings (SSSR count). The average Bonchev–Trinajstić information content (AvgIpc) is 3.16. The quantitative estimate of drug-likeness (QED) is 0.437. The zero-order valence-corrected chi connectivity index (χ0v) is 22.5. The Hall–Kier alpha value is -2.03. The van der Waals surface area contributed by atoms with E-state index in [-0.39, 0.29) is 11.5 Å². The summed E-state index contributed by atoms with van der Waals surface area (Å²) in [5.74, 6) is 0.878. The Morgan fingerprint density at radius 3 is 2.46 bits per heavy atom. The molecule has 1 fully saturated rings. The van der Waals surface area contributed by atoms with Crippen molar-refractivity contribution in [1.29, 1.82) is 0 Å². The summed E-state index contributed by atoms with van der Waals surface area (Å²) in [5.41, 5.74) is 4.30. The maximum atomic E-state index is 12.5. The molecule has 7 nitrogen and oxygen atoms in total. The number of fused-ring (bicyclic) bond motifs is 3. The Bertz CT molecular complexity index is 1140.